The Bertz CT molecular complexity index is 1100. The van der Waals surface area contributed by atoms with Crippen molar-refractivity contribution >= 4 is 34.9 Å². The van der Waals surface area contributed by atoms with Crippen LogP contribution in [0.1, 0.15) is 25.0 Å². The van der Waals surface area contributed by atoms with E-state index in [0.29, 0.717) is 5.25 Å². The van der Waals surface area contributed by atoms with E-state index >= 15 is 0 Å². The zero-order chi connectivity index (χ0) is 19.7. The molecular weight excluding hydrogens is 382 g/mol. The van der Waals surface area contributed by atoms with Gasteiger partial charge in [-0.05, 0) is 55.6 Å². The van der Waals surface area contributed by atoms with Gasteiger partial charge in [-0.25, -0.2) is 9.97 Å². The molecule has 0 aliphatic carbocycles. The highest BCUT2D eigenvalue weighted by Crippen LogP contribution is 2.30. The van der Waals surface area contributed by atoms with Crippen molar-refractivity contribution in [1.82, 2.24) is 13.9 Å². The molecule has 4 rings (SSSR count). The van der Waals surface area contributed by atoms with Gasteiger partial charge in [0.25, 0.3) is 0 Å². The molecule has 0 atom stereocenters. The van der Waals surface area contributed by atoms with Crippen LogP contribution in [0.4, 0.5) is 0 Å². The van der Waals surface area contributed by atoms with Crippen LogP contribution in [0.3, 0.4) is 0 Å². The smallest absolute Gasteiger partial charge is 0.169 e. The van der Waals surface area contributed by atoms with Gasteiger partial charge in [-0.15, -0.1) is 11.8 Å². The summed E-state index contributed by atoms with van der Waals surface area (Å²) in [6, 6.07) is 17.1. The summed E-state index contributed by atoms with van der Waals surface area (Å²) < 4.78 is 2.11. The van der Waals surface area contributed by atoms with Crippen LogP contribution < -0.4 is 0 Å². The number of hydrogen-bond donors (Lipinski definition) is 0. The average molecular weight is 406 g/mol. The summed E-state index contributed by atoms with van der Waals surface area (Å²) in [5.74, 6) is 0. The van der Waals surface area contributed by atoms with E-state index in [9.17, 15) is 0 Å². The first-order valence-electron chi connectivity index (χ1n) is 9.36. The maximum atomic E-state index is 4.91. The standard InChI is InChI=1S/C23H23N3S2/c1-15(2)27-19-11-7-18(8-12-19)21-13-24-23-22(25-21)17(4)14-26(23)28-20-9-5-16(3)6-10-20/h5-15H,1-4H3. The summed E-state index contributed by atoms with van der Waals surface area (Å²) in [6.45, 7) is 8.61. The first kappa shape index (κ1) is 19.1. The van der Waals surface area contributed by atoms with Gasteiger partial charge in [0.2, 0.25) is 0 Å². The number of fused-ring (bicyclic) bond motifs is 1. The Morgan fingerprint density at radius 2 is 1.57 bits per heavy atom. The van der Waals surface area contributed by atoms with Gasteiger partial charge in [0, 0.05) is 26.8 Å². The van der Waals surface area contributed by atoms with E-state index in [-0.39, 0.29) is 0 Å². The monoisotopic (exact) mass is 405 g/mol. The Labute approximate surface area is 174 Å². The molecule has 0 amide bonds. The second-order valence-corrected chi connectivity index (χ2v) is 9.86. The zero-order valence-electron chi connectivity index (χ0n) is 16.5. The van der Waals surface area contributed by atoms with Crippen molar-refractivity contribution in [3.05, 3.63) is 72.1 Å². The number of thioether (sulfide) groups is 1. The minimum atomic E-state index is 0.579. The second kappa shape index (κ2) is 8.02. The van der Waals surface area contributed by atoms with Crippen LogP contribution in [0.2, 0.25) is 0 Å². The van der Waals surface area contributed by atoms with E-state index in [0.717, 1.165) is 28.0 Å². The number of rotatable bonds is 5. The molecule has 0 aliphatic rings. The quantitative estimate of drug-likeness (QED) is 0.343. The summed E-state index contributed by atoms with van der Waals surface area (Å²) in [6.07, 6.45) is 3.99. The summed E-state index contributed by atoms with van der Waals surface area (Å²) >= 11 is 3.54. The van der Waals surface area contributed by atoms with Crippen LogP contribution in [-0.4, -0.2) is 19.2 Å². The molecule has 2 aromatic heterocycles. The van der Waals surface area contributed by atoms with Crippen molar-refractivity contribution in [3.63, 3.8) is 0 Å². The van der Waals surface area contributed by atoms with Crippen molar-refractivity contribution in [2.45, 2.75) is 42.7 Å². The zero-order valence-corrected chi connectivity index (χ0v) is 18.1. The van der Waals surface area contributed by atoms with E-state index in [1.165, 1.54) is 15.4 Å². The van der Waals surface area contributed by atoms with Gasteiger partial charge in [0.15, 0.2) is 5.65 Å². The van der Waals surface area contributed by atoms with E-state index < -0.39 is 0 Å². The molecule has 0 N–H and O–H groups in total. The molecule has 0 radical (unpaired) electrons. The number of benzene rings is 2. The van der Waals surface area contributed by atoms with E-state index in [1.54, 1.807) is 11.9 Å². The maximum absolute atomic E-state index is 4.91. The molecule has 0 bridgehead atoms. The third-order valence-corrected chi connectivity index (χ3v) is 6.37. The molecule has 2 aromatic carbocycles. The molecule has 4 aromatic rings. The molecule has 0 aliphatic heterocycles. The fourth-order valence-electron chi connectivity index (χ4n) is 3.00. The topological polar surface area (TPSA) is 30.7 Å². The Hall–Kier alpha value is -2.24. The number of hydrogen-bond acceptors (Lipinski definition) is 4. The highest BCUT2D eigenvalue weighted by atomic mass is 32.2. The van der Waals surface area contributed by atoms with E-state index in [4.69, 9.17) is 9.97 Å². The van der Waals surface area contributed by atoms with Gasteiger partial charge >= 0.3 is 0 Å². The first-order chi connectivity index (χ1) is 13.5. The lowest BCUT2D eigenvalue weighted by molar-refractivity contribution is 1.11. The van der Waals surface area contributed by atoms with Gasteiger partial charge < -0.3 is 0 Å². The summed E-state index contributed by atoms with van der Waals surface area (Å²) in [5, 5.41) is 0.579. The lowest BCUT2D eigenvalue weighted by Crippen LogP contribution is -1.92. The lowest BCUT2D eigenvalue weighted by atomic mass is 10.1. The van der Waals surface area contributed by atoms with Gasteiger partial charge in [0.1, 0.15) is 5.52 Å². The van der Waals surface area contributed by atoms with Gasteiger partial charge in [0.05, 0.1) is 11.9 Å². The second-order valence-electron chi connectivity index (χ2n) is 7.16. The summed E-state index contributed by atoms with van der Waals surface area (Å²) in [4.78, 5) is 12.1. The lowest BCUT2D eigenvalue weighted by Gasteiger charge is -2.07. The van der Waals surface area contributed by atoms with Gasteiger partial charge in [-0.1, -0.05) is 43.7 Å². The normalized spacial score (nSPS) is 11.5. The predicted molar refractivity (Wildman–Crippen MR) is 121 cm³/mol. The van der Waals surface area contributed by atoms with Crippen molar-refractivity contribution in [2.75, 3.05) is 0 Å². The Kier molecular flexibility index (Phi) is 5.47. The van der Waals surface area contributed by atoms with Crippen LogP contribution >= 0.6 is 23.7 Å². The predicted octanol–water partition coefficient (Wildman–Crippen LogP) is 6.77. The van der Waals surface area contributed by atoms with Gasteiger partial charge in [-0.3, -0.25) is 3.97 Å². The SMILES string of the molecule is Cc1ccc(Sn2cc(C)c3nc(-c4ccc(SC(C)C)cc4)cnc32)cc1. The maximum Gasteiger partial charge on any atom is 0.169 e. The highest BCUT2D eigenvalue weighted by Gasteiger charge is 2.12. The minimum Gasteiger partial charge on any atom is -0.269 e. The molecule has 142 valence electrons. The number of nitrogens with zero attached hydrogens (tertiary/aromatic N) is 3. The van der Waals surface area contributed by atoms with Crippen molar-refractivity contribution in [2.24, 2.45) is 0 Å². The molecule has 0 saturated heterocycles. The van der Waals surface area contributed by atoms with Crippen LogP contribution in [-0.2, 0) is 0 Å². The molecule has 2 heterocycles. The Morgan fingerprint density at radius 1 is 0.893 bits per heavy atom. The average Bonchev–Trinajstić information content (AvgIpc) is 2.99. The third-order valence-electron chi connectivity index (χ3n) is 4.39. The fraction of sp³-hybridized carbons (Fsp3) is 0.217. The van der Waals surface area contributed by atoms with Crippen LogP contribution in [0, 0.1) is 13.8 Å². The Morgan fingerprint density at radius 3 is 2.25 bits per heavy atom. The van der Waals surface area contributed by atoms with Crippen LogP contribution in [0.25, 0.3) is 22.4 Å². The van der Waals surface area contributed by atoms with Crippen LogP contribution in [0.5, 0.6) is 0 Å². The molecule has 5 heteroatoms. The number of aryl methyl sites for hydroxylation is 2. The third kappa shape index (κ3) is 4.10. The molecule has 0 unspecified atom stereocenters. The molecular formula is C23H23N3S2. The molecule has 28 heavy (non-hydrogen) atoms. The van der Waals surface area contributed by atoms with E-state index in [1.807, 2.05) is 18.0 Å². The molecule has 0 spiro atoms. The van der Waals surface area contributed by atoms with Crippen molar-refractivity contribution in [3.8, 4) is 11.3 Å². The highest BCUT2D eigenvalue weighted by molar-refractivity contribution is 7.99. The largest absolute Gasteiger partial charge is 0.269 e. The molecule has 0 saturated carbocycles. The number of aromatic nitrogens is 3. The van der Waals surface area contributed by atoms with Gasteiger partial charge in [-0.2, -0.15) is 0 Å². The minimum absolute atomic E-state index is 0.579. The van der Waals surface area contributed by atoms with E-state index in [2.05, 4.69) is 86.4 Å². The summed E-state index contributed by atoms with van der Waals surface area (Å²) in [7, 11) is 0. The summed E-state index contributed by atoms with van der Waals surface area (Å²) in [5.41, 5.74) is 6.27. The Balaban J connectivity index is 1.64. The molecule has 3 nitrogen and oxygen atoms in total. The van der Waals surface area contributed by atoms with Crippen molar-refractivity contribution < 1.29 is 0 Å². The van der Waals surface area contributed by atoms with Crippen molar-refractivity contribution in [1.29, 1.82) is 0 Å². The van der Waals surface area contributed by atoms with Crippen LogP contribution in [0.15, 0.2) is 70.7 Å². The first-order valence-corrected chi connectivity index (χ1v) is 11.0. The fourth-order valence-corrected chi connectivity index (χ4v) is 4.76. The molecule has 0 fully saturated rings.